The van der Waals surface area contributed by atoms with E-state index in [1.165, 1.54) is 0 Å². The lowest BCUT2D eigenvalue weighted by atomic mass is 10.2. The van der Waals surface area contributed by atoms with E-state index in [9.17, 15) is 13.2 Å². The Hall–Kier alpha value is -1.60. The van der Waals surface area contributed by atoms with Crippen LogP contribution in [0.2, 0.25) is 0 Å². The predicted octanol–water partition coefficient (Wildman–Crippen LogP) is 0.370. The van der Waals surface area contributed by atoms with Gasteiger partial charge in [0.25, 0.3) is 0 Å². The largest absolute Gasteiger partial charge is 0.464 e. The fraction of sp³-hybridized carbons (Fsp3) is 0.125. The Morgan fingerprint density at radius 2 is 1.87 bits per heavy atom. The molecule has 0 saturated heterocycles. The van der Waals surface area contributed by atoms with Crippen molar-refractivity contribution < 1.29 is 18.3 Å². The van der Waals surface area contributed by atoms with Gasteiger partial charge in [-0.1, -0.05) is 30.3 Å². The van der Waals surface area contributed by atoms with E-state index in [0.29, 0.717) is 5.56 Å². The third-order valence-corrected chi connectivity index (χ3v) is 2.59. The molecule has 0 heterocycles. The van der Waals surface area contributed by atoms with Crippen LogP contribution in [0.5, 0.6) is 0 Å². The normalized spacial score (nSPS) is 11.0. The average Bonchev–Trinajstić information content (AvgIpc) is 2.13. The zero-order valence-corrected chi connectivity index (χ0v) is 8.52. The van der Waals surface area contributed by atoms with Crippen molar-refractivity contribution in [1.82, 2.24) is 4.31 Å². The number of benzene rings is 1. The second-order valence-corrected chi connectivity index (χ2v) is 4.29. The maximum Gasteiger partial charge on any atom is 0.422 e. The molecule has 0 saturated carbocycles. The van der Waals surface area contributed by atoms with E-state index in [0.717, 1.165) is 0 Å². The van der Waals surface area contributed by atoms with Crippen molar-refractivity contribution in [2.24, 2.45) is 5.14 Å². The predicted molar refractivity (Wildman–Crippen MR) is 53.1 cm³/mol. The van der Waals surface area contributed by atoms with Crippen LogP contribution < -0.4 is 5.14 Å². The molecule has 6 nitrogen and oxygen atoms in total. The van der Waals surface area contributed by atoms with Gasteiger partial charge in [0.05, 0.1) is 6.54 Å². The molecule has 1 rings (SSSR count). The Balaban J connectivity index is 2.92. The highest BCUT2D eigenvalue weighted by atomic mass is 32.2. The van der Waals surface area contributed by atoms with Gasteiger partial charge in [-0.15, -0.1) is 0 Å². The van der Waals surface area contributed by atoms with Crippen LogP contribution in [0.25, 0.3) is 0 Å². The SMILES string of the molecule is NS(=O)(=O)N(Cc1ccccc1)C(=O)O. The van der Waals surface area contributed by atoms with Crippen LogP contribution in [0.4, 0.5) is 4.79 Å². The molecule has 0 radical (unpaired) electrons. The standard InChI is InChI=1S/C8H10N2O4S/c9-15(13,14)10(8(11)12)6-7-4-2-1-3-5-7/h1-5H,6H2,(H,11,12)(H2,9,13,14). The van der Waals surface area contributed by atoms with Gasteiger partial charge in [0, 0.05) is 0 Å². The highest BCUT2D eigenvalue weighted by Gasteiger charge is 2.22. The third-order valence-electron chi connectivity index (χ3n) is 1.69. The molecular formula is C8H10N2O4S. The number of nitrogens with zero attached hydrogens (tertiary/aromatic N) is 1. The number of hydrogen-bond donors (Lipinski definition) is 2. The second-order valence-electron chi connectivity index (χ2n) is 2.82. The van der Waals surface area contributed by atoms with E-state index in [1.54, 1.807) is 30.3 Å². The zero-order valence-electron chi connectivity index (χ0n) is 7.70. The van der Waals surface area contributed by atoms with Gasteiger partial charge in [-0.3, -0.25) is 0 Å². The van der Waals surface area contributed by atoms with Crippen LogP contribution in [0.1, 0.15) is 5.56 Å². The average molecular weight is 230 g/mol. The second kappa shape index (κ2) is 4.28. The lowest BCUT2D eigenvalue weighted by Crippen LogP contribution is -2.39. The summed E-state index contributed by atoms with van der Waals surface area (Å²) in [6, 6.07) is 8.32. The monoisotopic (exact) mass is 230 g/mol. The number of amides is 1. The van der Waals surface area contributed by atoms with E-state index in [2.05, 4.69) is 0 Å². The first-order valence-electron chi connectivity index (χ1n) is 3.98. The molecule has 0 bridgehead atoms. The summed E-state index contributed by atoms with van der Waals surface area (Å²) in [5.74, 6) is 0. The molecular weight excluding hydrogens is 220 g/mol. The van der Waals surface area contributed by atoms with Gasteiger partial charge in [-0.2, -0.15) is 12.7 Å². The summed E-state index contributed by atoms with van der Waals surface area (Å²) < 4.78 is 22.0. The summed E-state index contributed by atoms with van der Waals surface area (Å²) in [6.07, 6.45) is -1.60. The number of carboxylic acid groups (broad SMARTS) is 1. The van der Waals surface area contributed by atoms with Crippen molar-refractivity contribution in [3.8, 4) is 0 Å². The first kappa shape index (κ1) is 11.5. The number of carbonyl (C=O) groups is 1. The van der Waals surface area contributed by atoms with Gasteiger partial charge in [0.1, 0.15) is 0 Å². The molecule has 82 valence electrons. The summed E-state index contributed by atoms with van der Waals surface area (Å²) >= 11 is 0. The molecule has 15 heavy (non-hydrogen) atoms. The van der Waals surface area contributed by atoms with Crippen molar-refractivity contribution in [1.29, 1.82) is 0 Å². The maximum absolute atomic E-state index is 10.9. The van der Waals surface area contributed by atoms with Crippen molar-refractivity contribution in [3.63, 3.8) is 0 Å². The van der Waals surface area contributed by atoms with Gasteiger partial charge in [0.2, 0.25) is 0 Å². The quantitative estimate of drug-likeness (QED) is 0.783. The molecule has 1 amide bonds. The summed E-state index contributed by atoms with van der Waals surface area (Å²) in [7, 11) is -4.23. The molecule has 0 unspecified atom stereocenters. The molecule has 0 aliphatic rings. The molecule has 7 heteroatoms. The minimum absolute atomic E-state index is 0.183. The highest BCUT2D eigenvalue weighted by Crippen LogP contribution is 2.06. The Labute approximate surface area is 87.1 Å². The van der Waals surface area contributed by atoms with E-state index in [-0.39, 0.29) is 10.8 Å². The first-order valence-corrected chi connectivity index (χ1v) is 5.49. The number of hydrogen-bond acceptors (Lipinski definition) is 3. The Morgan fingerprint density at radius 1 is 1.33 bits per heavy atom. The van der Waals surface area contributed by atoms with E-state index < -0.39 is 16.3 Å². The smallest absolute Gasteiger partial charge is 0.422 e. The maximum atomic E-state index is 10.9. The summed E-state index contributed by atoms with van der Waals surface area (Å²) in [6.45, 7) is -0.283. The number of nitrogens with two attached hydrogens (primary N) is 1. The first-order chi connectivity index (χ1) is 6.91. The minimum atomic E-state index is -4.23. The Morgan fingerprint density at radius 3 is 2.27 bits per heavy atom. The van der Waals surface area contributed by atoms with Crippen LogP contribution in [-0.4, -0.2) is 23.9 Å². The number of rotatable bonds is 3. The molecule has 1 aromatic carbocycles. The molecule has 0 spiro atoms. The van der Waals surface area contributed by atoms with Gasteiger partial charge < -0.3 is 5.11 Å². The lowest BCUT2D eigenvalue weighted by molar-refractivity contribution is 0.171. The van der Waals surface area contributed by atoms with E-state index >= 15 is 0 Å². The van der Waals surface area contributed by atoms with Gasteiger partial charge in [-0.05, 0) is 5.56 Å². The zero-order chi connectivity index (χ0) is 11.5. The van der Waals surface area contributed by atoms with Gasteiger partial charge in [-0.25, -0.2) is 9.93 Å². The van der Waals surface area contributed by atoms with Crippen molar-refractivity contribution in [3.05, 3.63) is 35.9 Å². The van der Waals surface area contributed by atoms with E-state index in [1.807, 2.05) is 0 Å². The fourth-order valence-corrected chi connectivity index (χ4v) is 1.56. The van der Waals surface area contributed by atoms with E-state index in [4.69, 9.17) is 10.2 Å². The van der Waals surface area contributed by atoms with Crippen LogP contribution in [0.15, 0.2) is 30.3 Å². The summed E-state index contributed by atoms with van der Waals surface area (Å²) in [5.41, 5.74) is 0.550. The topological polar surface area (TPSA) is 101 Å². The summed E-state index contributed by atoms with van der Waals surface area (Å²) in [4.78, 5) is 10.6. The highest BCUT2D eigenvalue weighted by molar-refractivity contribution is 7.87. The molecule has 0 aromatic heterocycles. The molecule has 3 N–H and O–H groups in total. The lowest BCUT2D eigenvalue weighted by Gasteiger charge is -2.15. The Kier molecular flexibility index (Phi) is 3.28. The minimum Gasteiger partial charge on any atom is -0.464 e. The summed E-state index contributed by atoms with van der Waals surface area (Å²) in [5, 5.41) is 13.4. The molecule has 0 aliphatic carbocycles. The van der Waals surface area contributed by atoms with Crippen LogP contribution in [-0.2, 0) is 16.8 Å². The van der Waals surface area contributed by atoms with Crippen molar-refractivity contribution in [2.75, 3.05) is 0 Å². The molecule has 0 atom stereocenters. The third kappa shape index (κ3) is 3.22. The van der Waals surface area contributed by atoms with Crippen LogP contribution >= 0.6 is 0 Å². The van der Waals surface area contributed by atoms with Gasteiger partial charge >= 0.3 is 16.3 Å². The van der Waals surface area contributed by atoms with Crippen molar-refractivity contribution >= 4 is 16.3 Å². The fourth-order valence-electron chi connectivity index (χ4n) is 1.02. The Bertz CT molecular complexity index is 443. The van der Waals surface area contributed by atoms with Gasteiger partial charge in [0.15, 0.2) is 0 Å². The van der Waals surface area contributed by atoms with Crippen LogP contribution in [0, 0.1) is 0 Å². The van der Waals surface area contributed by atoms with Crippen molar-refractivity contribution in [2.45, 2.75) is 6.54 Å². The molecule has 0 aliphatic heterocycles. The van der Waals surface area contributed by atoms with Crippen LogP contribution in [0.3, 0.4) is 0 Å². The molecule has 0 fully saturated rings. The molecule has 1 aromatic rings.